The Balaban J connectivity index is 1.75. The van der Waals surface area contributed by atoms with E-state index >= 15 is 0 Å². The van der Waals surface area contributed by atoms with Gasteiger partial charge in [-0.2, -0.15) is 0 Å². The summed E-state index contributed by atoms with van der Waals surface area (Å²) in [6.45, 7) is 4.06. The van der Waals surface area contributed by atoms with Crippen molar-refractivity contribution in [3.8, 4) is 17.2 Å². The molecular weight excluding hydrogens is 408 g/mol. The molecule has 0 saturated carbocycles. The van der Waals surface area contributed by atoms with Gasteiger partial charge in [0, 0.05) is 29.4 Å². The highest BCUT2D eigenvalue weighted by atomic mass is 16.5. The summed E-state index contributed by atoms with van der Waals surface area (Å²) < 4.78 is 16.7. The quantitative estimate of drug-likeness (QED) is 0.501. The number of anilines is 2. The van der Waals surface area contributed by atoms with Gasteiger partial charge >= 0.3 is 0 Å². The monoisotopic (exact) mass is 434 g/mol. The Morgan fingerprint density at radius 2 is 1.53 bits per heavy atom. The van der Waals surface area contributed by atoms with Crippen LogP contribution in [-0.4, -0.2) is 25.5 Å². The smallest absolute Gasteiger partial charge is 0.255 e. The Morgan fingerprint density at radius 1 is 0.844 bits per heavy atom. The number of methoxy groups -OCH3 is 1. The Bertz CT molecular complexity index is 1080. The lowest BCUT2D eigenvalue weighted by Gasteiger charge is -2.14. The molecule has 3 aromatic carbocycles. The molecule has 0 radical (unpaired) electrons. The van der Waals surface area contributed by atoms with E-state index in [0.717, 1.165) is 11.3 Å². The van der Waals surface area contributed by atoms with Gasteiger partial charge in [0.2, 0.25) is 5.91 Å². The van der Waals surface area contributed by atoms with Crippen LogP contribution in [0.5, 0.6) is 17.2 Å². The first-order chi connectivity index (χ1) is 15.5. The Kier molecular flexibility index (Phi) is 7.70. The number of carbonyl (C=O) groups excluding carboxylic acids is 2. The largest absolute Gasteiger partial charge is 0.497 e. The fraction of sp³-hybridized carbons (Fsp3) is 0.200. The average molecular weight is 434 g/mol. The van der Waals surface area contributed by atoms with Crippen LogP contribution < -0.4 is 24.8 Å². The average Bonchev–Trinajstić information content (AvgIpc) is 2.78. The molecule has 0 atom stereocenters. The molecule has 0 spiro atoms. The number of hydrogen-bond donors (Lipinski definition) is 2. The number of ether oxygens (including phenoxy) is 3. The van der Waals surface area contributed by atoms with Gasteiger partial charge in [-0.25, -0.2) is 0 Å². The predicted molar refractivity (Wildman–Crippen MR) is 124 cm³/mol. The molecule has 0 bridgehead atoms. The van der Waals surface area contributed by atoms with E-state index in [4.69, 9.17) is 14.2 Å². The summed E-state index contributed by atoms with van der Waals surface area (Å²) in [5, 5.41) is 5.55. The van der Waals surface area contributed by atoms with Gasteiger partial charge < -0.3 is 24.8 Å². The van der Waals surface area contributed by atoms with Crippen molar-refractivity contribution in [1.29, 1.82) is 0 Å². The molecule has 0 unspecified atom stereocenters. The molecule has 0 aliphatic carbocycles. The molecular formula is C25H26N2O5. The molecule has 0 aliphatic rings. The molecule has 2 amide bonds. The van der Waals surface area contributed by atoms with Crippen LogP contribution in [0.15, 0.2) is 66.7 Å². The Hall–Kier alpha value is -4.00. The van der Waals surface area contributed by atoms with Crippen molar-refractivity contribution in [1.82, 2.24) is 0 Å². The molecule has 7 nitrogen and oxygen atoms in total. The number of carbonyl (C=O) groups is 2. The molecule has 0 heterocycles. The lowest BCUT2D eigenvalue weighted by molar-refractivity contribution is -0.114. The van der Waals surface area contributed by atoms with Gasteiger partial charge in [0.1, 0.15) is 23.9 Å². The van der Waals surface area contributed by atoms with Crippen molar-refractivity contribution >= 4 is 23.2 Å². The van der Waals surface area contributed by atoms with E-state index in [0.29, 0.717) is 35.0 Å². The van der Waals surface area contributed by atoms with E-state index < -0.39 is 0 Å². The Morgan fingerprint density at radius 3 is 2.19 bits per heavy atom. The molecule has 2 N–H and O–H groups in total. The standard InChI is InChI=1S/C25H26N2O5/c1-4-31-24-13-8-18(14-19(24)16-32-23-11-9-22(30-3)10-12-23)25(29)27-21-7-5-6-20(15-21)26-17(2)28/h5-15H,4,16H2,1-3H3,(H,26,28)(H,27,29). The maximum absolute atomic E-state index is 12.8. The minimum absolute atomic E-state index is 0.179. The topological polar surface area (TPSA) is 85.9 Å². The van der Waals surface area contributed by atoms with E-state index in [9.17, 15) is 9.59 Å². The summed E-state index contributed by atoms with van der Waals surface area (Å²) in [5.74, 6) is 1.62. The van der Waals surface area contributed by atoms with Gasteiger partial charge in [-0.15, -0.1) is 0 Å². The number of hydrogen-bond acceptors (Lipinski definition) is 5. The van der Waals surface area contributed by atoms with Gasteiger partial charge in [0.25, 0.3) is 5.91 Å². The third-order valence-corrected chi connectivity index (χ3v) is 4.52. The zero-order chi connectivity index (χ0) is 22.9. The molecule has 7 heteroatoms. The highest BCUT2D eigenvalue weighted by Crippen LogP contribution is 2.25. The first-order valence-corrected chi connectivity index (χ1v) is 10.2. The molecule has 0 aliphatic heterocycles. The predicted octanol–water partition coefficient (Wildman–Crippen LogP) is 4.88. The van der Waals surface area contributed by atoms with Gasteiger partial charge in [-0.3, -0.25) is 9.59 Å². The molecule has 3 aromatic rings. The zero-order valence-corrected chi connectivity index (χ0v) is 18.3. The van der Waals surface area contributed by atoms with E-state index in [1.807, 2.05) is 31.2 Å². The van der Waals surface area contributed by atoms with Gasteiger partial charge in [0.05, 0.1) is 13.7 Å². The van der Waals surface area contributed by atoms with Crippen LogP contribution in [-0.2, 0) is 11.4 Å². The lowest BCUT2D eigenvalue weighted by atomic mass is 10.1. The normalized spacial score (nSPS) is 10.2. The second-order valence-corrected chi connectivity index (χ2v) is 6.94. The third-order valence-electron chi connectivity index (χ3n) is 4.52. The van der Waals surface area contributed by atoms with Crippen LogP contribution in [0.1, 0.15) is 29.8 Å². The van der Waals surface area contributed by atoms with Crippen LogP contribution in [0.3, 0.4) is 0 Å². The summed E-state index contributed by atoms with van der Waals surface area (Å²) >= 11 is 0. The van der Waals surface area contributed by atoms with E-state index in [1.54, 1.807) is 49.6 Å². The van der Waals surface area contributed by atoms with Crippen molar-refractivity contribution in [2.45, 2.75) is 20.5 Å². The summed E-state index contributed by atoms with van der Waals surface area (Å²) in [5.41, 5.74) is 2.40. The third kappa shape index (κ3) is 6.25. The van der Waals surface area contributed by atoms with Gasteiger partial charge in [0.15, 0.2) is 0 Å². The van der Waals surface area contributed by atoms with Crippen LogP contribution >= 0.6 is 0 Å². The number of benzene rings is 3. The van der Waals surface area contributed by atoms with Crippen LogP contribution in [0.25, 0.3) is 0 Å². The highest BCUT2D eigenvalue weighted by molar-refractivity contribution is 6.05. The van der Waals surface area contributed by atoms with E-state index in [2.05, 4.69) is 10.6 Å². The SMILES string of the molecule is CCOc1ccc(C(=O)Nc2cccc(NC(C)=O)c2)cc1COc1ccc(OC)cc1. The summed E-state index contributed by atoms with van der Waals surface area (Å²) in [6, 6.07) is 19.4. The van der Waals surface area contributed by atoms with Crippen molar-refractivity contribution < 1.29 is 23.8 Å². The number of nitrogens with one attached hydrogen (secondary N) is 2. The minimum Gasteiger partial charge on any atom is -0.497 e. The molecule has 0 saturated heterocycles. The van der Waals surface area contributed by atoms with E-state index in [-0.39, 0.29) is 18.4 Å². The molecule has 3 rings (SSSR count). The van der Waals surface area contributed by atoms with Crippen molar-refractivity contribution in [3.05, 3.63) is 77.9 Å². The van der Waals surface area contributed by atoms with Crippen LogP contribution in [0, 0.1) is 0 Å². The fourth-order valence-corrected chi connectivity index (χ4v) is 3.04. The van der Waals surface area contributed by atoms with Crippen LogP contribution in [0.2, 0.25) is 0 Å². The lowest BCUT2D eigenvalue weighted by Crippen LogP contribution is -2.13. The Labute approximate surface area is 187 Å². The molecule has 166 valence electrons. The highest BCUT2D eigenvalue weighted by Gasteiger charge is 2.12. The maximum Gasteiger partial charge on any atom is 0.255 e. The first-order valence-electron chi connectivity index (χ1n) is 10.2. The van der Waals surface area contributed by atoms with Gasteiger partial charge in [-0.1, -0.05) is 6.07 Å². The van der Waals surface area contributed by atoms with Crippen molar-refractivity contribution in [2.75, 3.05) is 24.4 Å². The van der Waals surface area contributed by atoms with E-state index in [1.165, 1.54) is 6.92 Å². The maximum atomic E-state index is 12.8. The number of rotatable bonds is 9. The number of amides is 2. The fourth-order valence-electron chi connectivity index (χ4n) is 3.04. The zero-order valence-electron chi connectivity index (χ0n) is 18.3. The summed E-state index contributed by atoms with van der Waals surface area (Å²) in [6.07, 6.45) is 0. The van der Waals surface area contributed by atoms with Crippen molar-refractivity contribution in [2.24, 2.45) is 0 Å². The minimum atomic E-state index is -0.279. The molecule has 0 aromatic heterocycles. The summed E-state index contributed by atoms with van der Waals surface area (Å²) in [4.78, 5) is 24.1. The van der Waals surface area contributed by atoms with Gasteiger partial charge in [-0.05, 0) is 67.6 Å². The molecule has 32 heavy (non-hydrogen) atoms. The second kappa shape index (κ2) is 10.9. The summed E-state index contributed by atoms with van der Waals surface area (Å²) in [7, 11) is 1.61. The van der Waals surface area contributed by atoms with Crippen molar-refractivity contribution in [3.63, 3.8) is 0 Å². The molecule has 0 fully saturated rings. The second-order valence-electron chi connectivity index (χ2n) is 6.94. The first kappa shape index (κ1) is 22.7. The van der Waals surface area contributed by atoms with Crippen LogP contribution in [0.4, 0.5) is 11.4 Å².